The smallest absolute Gasteiger partial charge is 0.306 e. The second-order valence-corrected chi connectivity index (χ2v) is 3.14. The zero-order valence-corrected chi connectivity index (χ0v) is 7.54. The summed E-state index contributed by atoms with van der Waals surface area (Å²) < 4.78 is 23.6. The van der Waals surface area contributed by atoms with Gasteiger partial charge >= 0.3 is 5.97 Å². The van der Waals surface area contributed by atoms with Crippen molar-refractivity contribution in [3.63, 3.8) is 0 Å². The van der Waals surface area contributed by atoms with Crippen LogP contribution in [0.5, 0.6) is 0 Å². The Kier molecular flexibility index (Phi) is 5.87. The molecule has 0 rings (SSSR count). The van der Waals surface area contributed by atoms with Gasteiger partial charge in [0.2, 0.25) is 5.44 Å². The molecule has 2 unspecified atom stereocenters. The molecule has 0 fully saturated rings. The number of hydrogen-bond donors (Lipinski definition) is 2. The molecule has 0 saturated heterocycles. The molecule has 0 spiro atoms. The highest BCUT2D eigenvalue weighted by Crippen LogP contribution is 2.03. The Labute approximate surface area is 73.0 Å². The van der Waals surface area contributed by atoms with Gasteiger partial charge in [-0.3, -0.25) is 4.79 Å². The molecular formula is C6H12O5S. The SMILES string of the molecule is CCC(=O)OC(CCO)S(=O)O. The average molecular weight is 196 g/mol. The monoisotopic (exact) mass is 196 g/mol. The van der Waals surface area contributed by atoms with E-state index in [0.717, 1.165) is 0 Å². The van der Waals surface area contributed by atoms with Gasteiger partial charge in [0, 0.05) is 19.4 Å². The van der Waals surface area contributed by atoms with Crippen LogP contribution in [-0.2, 0) is 20.6 Å². The number of aliphatic hydroxyl groups is 1. The molecule has 0 aliphatic rings. The standard InChI is InChI=1S/C6H12O5S/c1-2-5(8)11-6(3-4-7)12(9)10/h6-7H,2-4H2,1H3,(H,9,10). The first kappa shape index (κ1) is 11.5. The van der Waals surface area contributed by atoms with Crippen molar-refractivity contribution in [1.29, 1.82) is 0 Å². The first-order valence-electron chi connectivity index (χ1n) is 3.51. The summed E-state index contributed by atoms with van der Waals surface area (Å²) >= 11 is -2.23. The van der Waals surface area contributed by atoms with Gasteiger partial charge < -0.3 is 14.4 Å². The van der Waals surface area contributed by atoms with Gasteiger partial charge in [-0.25, -0.2) is 4.21 Å². The number of carbonyl (C=O) groups is 1. The Morgan fingerprint density at radius 3 is 2.58 bits per heavy atom. The van der Waals surface area contributed by atoms with Crippen LogP contribution in [0, 0.1) is 0 Å². The Morgan fingerprint density at radius 1 is 1.67 bits per heavy atom. The van der Waals surface area contributed by atoms with Gasteiger partial charge in [-0.05, 0) is 0 Å². The summed E-state index contributed by atoms with van der Waals surface area (Å²) in [5.41, 5.74) is -1.11. The third-order valence-corrected chi connectivity index (χ3v) is 1.92. The molecule has 0 heterocycles. The lowest BCUT2D eigenvalue weighted by Gasteiger charge is -2.11. The van der Waals surface area contributed by atoms with Crippen molar-refractivity contribution in [2.45, 2.75) is 25.2 Å². The van der Waals surface area contributed by atoms with Crippen molar-refractivity contribution in [2.24, 2.45) is 0 Å². The van der Waals surface area contributed by atoms with Crippen molar-refractivity contribution >= 4 is 17.0 Å². The van der Waals surface area contributed by atoms with Crippen LogP contribution in [0.2, 0.25) is 0 Å². The van der Waals surface area contributed by atoms with E-state index in [1.165, 1.54) is 0 Å². The molecule has 0 aromatic heterocycles. The van der Waals surface area contributed by atoms with Crippen LogP contribution in [0.4, 0.5) is 0 Å². The fourth-order valence-electron chi connectivity index (χ4n) is 0.536. The van der Waals surface area contributed by atoms with Gasteiger partial charge in [0.15, 0.2) is 11.1 Å². The number of aliphatic hydroxyl groups excluding tert-OH is 1. The molecule has 0 aliphatic carbocycles. The van der Waals surface area contributed by atoms with E-state index in [0.29, 0.717) is 0 Å². The maximum atomic E-state index is 10.7. The number of carbonyl (C=O) groups excluding carboxylic acids is 1. The van der Waals surface area contributed by atoms with E-state index in [2.05, 4.69) is 4.74 Å². The predicted molar refractivity (Wildman–Crippen MR) is 42.6 cm³/mol. The minimum Gasteiger partial charge on any atom is -0.446 e. The predicted octanol–water partition coefficient (Wildman–Crippen LogP) is -0.130. The Bertz CT molecular complexity index is 167. The Balaban J connectivity index is 3.95. The van der Waals surface area contributed by atoms with E-state index in [1.54, 1.807) is 6.92 Å². The molecule has 0 bridgehead atoms. The van der Waals surface area contributed by atoms with Gasteiger partial charge in [0.1, 0.15) is 0 Å². The maximum absolute atomic E-state index is 10.7. The summed E-state index contributed by atoms with van der Waals surface area (Å²) in [6, 6.07) is 0. The molecule has 12 heavy (non-hydrogen) atoms. The molecule has 6 heteroatoms. The summed E-state index contributed by atoms with van der Waals surface area (Å²) in [4.78, 5) is 10.7. The van der Waals surface area contributed by atoms with Crippen molar-refractivity contribution in [2.75, 3.05) is 6.61 Å². The fourth-order valence-corrected chi connectivity index (χ4v) is 1.03. The molecule has 72 valence electrons. The highest BCUT2D eigenvalue weighted by Gasteiger charge is 2.18. The summed E-state index contributed by atoms with van der Waals surface area (Å²) in [6.07, 6.45) is 0.133. The molecule has 2 atom stereocenters. The van der Waals surface area contributed by atoms with Crippen LogP contribution in [-0.4, -0.2) is 31.9 Å². The second-order valence-electron chi connectivity index (χ2n) is 2.06. The van der Waals surface area contributed by atoms with E-state index >= 15 is 0 Å². The number of ether oxygens (including phenoxy) is 1. The number of rotatable bonds is 5. The Hall–Kier alpha value is -0.460. The van der Waals surface area contributed by atoms with Crippen LogP contribution in [0.15, 0.2) is 0 Å². The van der Waals surface area contributed by atoms with Gasteiger partial charge in [0.05, 0.1) is 0 Å². The molecule has 0 aromatic rings. The summed E-state index contributed by atoms with van der Waals surface area (Å²) in [5.74, 6) is -0.546. The minimum absolute atomic E-state index is 0.0190. The van der Waals surface area contributed by atoms with Crippen molar-refractivity contribution in [1.82, 2.24) is 0 Å². The molecule has 2 N–H and O–H groups in total. The van der Waals surface area contributed by atoms with E-state index in [4.69, 9.17) is 9.66 Å². The third-order valence-electron chi connectivity index (χ3n) is 1.14. The normalized spacial score (nSPS) is 15.2. The number of esters is 1. The van der Waals surface area contributed by atoms with E-state index in [9.17, 15) is 9.00 Å². The van der Waals surface area contributed by atoms with Gasteiger partial charge in [-0.15, -0.1) is 0 Å². The zero-order valence-electron chi connectivity index (χ0n) is 6.73. The van der Waals surface area contributed by atoms with Gasteiger partial charge in [-0.1, -0.05) is 6.92 Å². The number of hydrogen-bond acceptors (Lipinski definition) is 4. The van der Waals surface area contributed by atoms with Crippen LogP contribution in [0.1, 0.15) is 19.8 Å². The van der Waals surface area contributed by atoms with Crippen LogP contribution < -0.4 is 0 Å². The van der Waals surface area contributed by atoms with Crippen LogP contribution in [0.3, 0.4) is 0 Å². The highest BCUT2D eigenvalue weighted by atomic mass is 32.2. The molecule has 0 amide bonds. The lowest BCUT2D eigenvalue weighted by atomic mass is 10.4. The molecular weight excluding hydrogens is 184 g/mol. The largest absolute Gasteiger partial charge is 0.446 e. The average Bonchev–Trinajstić information content (AvgIpc) is 2.03. The van der Waals surface area contributed by atoms with Crippen molar-refractivity contribution in [3.05, 3.63) is 0 Å². The highest BCUT2D eigenvalue weighted by molar-refractivity contribution is 7.79. The molecule has 0 saturated carbocycles. The minimum atomic E-state index is -2.23. The summed E-state index contributed by atoms with van der Waals surface area (Å²) in [7, 11) is 0. The van der Waals surface area contributed by atoms with E-state index in [1.807, 2.05) is 0 Å². The quantitative estimate of drug-likeness (QED) is 0.472. The van der Waals surface area contributed by atoms with Gasteiger partial charge in [-0.2, -0.15) is 0 Å². The lowest BCUT2D eigenvalue weighted by molar-refractivity contribution is -0.145. The lowest BCUT2D eigenvalue weighted by Crippen LogP contribution is -2.23. The maximum Gasteiger partial charge on any atom is 0.306 e. The molecule has 0 aromatic carbocycles. The van der Waals surface area contributed by atoms with Crippen LogP contribution >= 0.6 is 0 Å². The summed E-state index contributed by atoms with van der Waals surface area (Å²) in [6.45, 7) is 1.30. The van der Waals surface area contributed by atoms with Crippen molar-refractivity contribution < 1.29 is 23.4 Å². The molecule has 0 radical (unpaired) electrons. The summed E-state index contributed by atoms with van der Waals surface area (Å²) in [5, 5.41) is 8.43. The molecule has 5 nitrogen and oxygen atoms in total. The third kappa shape index (κ3) is 4.42. The molecule has 0 aliphatic heterocycles. The first-order valence-corrected chi connectivity index (χ1v) is 4.68. The fraction of sp³-hybridized carbons (Fsp3) is 0.833. The van der Waals surface area contributed by atoms with E-state index < -0.39 is 22.5 Å². The topological polar surface area (TPSA) is 83.8 Å². The zero-order chi connectivity index (χ0) is 9.56. The van der Waals surface area contributed by atoms with Crippen molar-refractivity contribution in [3.8, 4) is 0 Å². The van der Waals surface area contributed by atoms with E-state index in [-0.39, 0.29) is 19.4 Å². The first-order chi connectivity index (χ1) is 5.61. The van der Waals surface area contributed by atoms with Gasteiger partial charge in [0.25, 0.3) is 0 Å². The second kappa shape index (κ2) is 6.10. The van der Waals surface area contributed by atoms with Crippen LogP contribution in [0.25, 0.3) is 0 Å². The Morgan fingerprint density at radius 2 is 2.25 bits per heavy atom.